The zero-order valence-corrected chi connectivity index (χ0v) is 10.4. The monoisotopic (exact) mass is 253 g/mol. The maximum absolute atomic E-state index is 9.39. The quantitative estimate of drug-likeness (QED) is 0.809. The highest BCUT2D eigenvalue weighted by molar-refractivity contribution is 6.59. The summed E-state index contributed by atoms with van der Waals surface area (Å²) in [4.78, 5) is 0. The summed E-state index contributed by atoms with van der Waals surface area (Å²) in [6, 6.07) is 14.1. The Bertz CT molecular complexity index is 621. The highest BCUT2D eigenvalue weighted by Gasteiger charge is 2.21. The fourth-order valence-corrected chi connectivity index (χ4v) is 1.80. The molecule has 0 saturated heterocycles. The first kappa shape index (κ1) is 13.2. The van der Waals surface area contributed by atoms with Gasteiger partial charge in [0.1, 0.15) is 17.6 Å². The molecule has 0 radical (unpaired) electrons. The molecule has 0 aliphatic carbocycles. The summed E-state index contributed by atoms with van der Waals surface area (Å²) in [6.45, 7) is 1.78. The van der Waals surface area contributed by atoms with Crippen molar-refractivity contribution in [3.05, 3.63) is 53.6 Å². The molecule has 5 heteroatoms. The van der Waals surface area contributed by atoms with Crippen LogP contribution in [0.4, 0.5) is 0 Å². The molecule has 0 atom stereocenters. The zero-order chi connectivity index (χ0) is 13.8. The van der Waals surface area contributed by atoms with Gasteiger partial charge in [-0.1, -0.05) is 24.3 Å². The maximum atomic E-state index is 9.39. The second-order valence-electron chi connectivity index (χ2n) is 4.13. The van der Waals surface area contributed by atoms with Crippen molar-refractivity contribution in [1.29, 1.82) is 5.26 Å². The Kier molecular flexibility index (Phi) is 3.86. The molecule has 2 aromatic carbocycles. The highest BCUT2D eigenvalue weighted by Crippen LogP contribution is 2.24. The van der Waals surface area contributed by atoms with Crippen molar-refractivity contribution in [3.8, 4) is 17.6 Å². The molecule has 0 aliphatic rings. The Morgan fingerprint density at radius 3 is 2.42 bits per heavy atom. The molecule has 0 aliphatic heterocycles. The number of hydrogen-bond acceptors (Lipinski definition) is 4. The number of rotatable bonds is 3. The highest BCUT2D eigenvalue weighted by atomic mass is 16.5. The average molecular weight is 253 g/mol. The number of nitriles is 1. The normalized spacial score (nSPS) is 9.79. The molecule has 0 saturated carbocycles. The lowest BCUT2D eigenvalue weighted by Gasteiger charge is -2.13. The Hall–Kier alpha value is -2.29. The molecule has 0 spiro atoms. The van der Waals surface area contributed by atoms with Crippen LogP contribution in [0.5, 0.6) is 11.5 Å². The molecule has 19 heavy (non-hydrogen) atoms. The molecule has 0 amide bonds. The molecule has 0 unspecified atom stereocenters. The van der Waals surface area contributed by atoms with Gasteiger partial charge in [0, 0.05) is 5.46 Å². The summed E-state index contributed by atoms with van der Waals surface area (Å²) in [5, 5.41) is 27.9. The summed E-state index contributed by atoms with van der Waals surface area (Å²) < 4.78 is 5.61. The fourth-order valence-electron chi connectivity index (χ4n) is 1.80. The van der Waals surface area contributed by atoms with Gasteiger partial charge in [0.15, 0.2) is 0 Å². The van der Waals surface area contributed by atoms with Crippen LogP contribution in [0.2, 0.25) is 0 Å². The van der Waals surface area contributed by atoms with E-state index in [1.807, 2.05) is 12.1 Å². The second-order valence-corrected chi connectivity index (χ2v) is 4.13. The van der Waals surface area contributed by atoms with E-state index in [0.29, 0.717) is 5.75 Å². The lowest BCUT2D eigenvalue weighted by Crippen LogP contribution is -2.31. The molecule has 0 fully saturated rings. The van der Waals surface area contributed by atoms with Gasteiger partial charge in [-0.3, -0.25) is 0 Å². The van der Waals surface area contributed by atoms with Crippen LogP contribution in [0.15, 0.2) is 42.5 Å². The molecule has 4 nitrogen and oxygen atoms in total. The zero-order valence-electron chi connectivity index (χ0n) is 10.4. The van der Waals surface area contributed by atoms with Gasteiger partial charge in [0.2, 0.25) is 0 Å². The Labute approximate surface area is 111 Å². The van der Waals surface area contributed by atoms with Crippen LogP contribution in [0.1, 0.15) is 11.1 Å². The van der Waals surface area contributed by atoms with Gasteiger partial charge in [0.05, 0.1) is 5.56 Å². The lowest BCUT2D eigenvalue weighted by atomic mass is 9.77. The number of para-hydroxylation sites is 1. The van der Waals surface area contributed by atoms with Gasteiger partial charge in [-0.05, 0) is 30.7 Å². The van der Waals surface area contributed by atoms with E-state index in [1.54, 1.807) is 43.3 Å². The van der Waals surface area contributed by atoms with E-state index in [-0.39, 0.29) is 16.8 Å². The predicted octanol–water partition coefficient (Wildman–Crippen LogP) is 1.34. The van der Waals surface area contributed by atoms with Crippen LogP contribution in [0.25, 0.3) is 0 Å². The van der Waals surface area contributed by atoms with E-state index < -0.39 is 7.12 Å². The van der Waals surface area contributed by atoms with Crippen molar-refractivity contribution in [2.75, 3.05) is 0 Å². The maximum Gasteiger partial charge on any atom is 0.492 e. The molecular weight excluding hydrogens is 241 g/mol. The fraction of sp³-hybridized carbons (Fsp3) is 0.0714. The van der Waals surface area contributed by atoms with Crippen LogP contribution in [-0.2, 0) is 0 Å². The van der Waals surface area contributed by atoms with Crippen molar-refractivity contribution in [1.82, 2.24) is 0 Å². The number of hydrogen-bond donors (Lipinski definition) is 2. The van der Waals surface area contributed by atoms with Gasteiger partial charge in [-0.2, -0.15) is 5.26 Å². The summed E-state index contributed by atoms with van der Waals surface area (Å²) >= 11 is 0. The Balaban J connectivity index is 2.52. The van der Waals surface area contributed by atoms with Crippen LogP contribution >= 0.6 is 0 Å². The Morgan fingerprint density at radius 1 is 1.16 bits per heavy atom. The van der Waals surface area contributed by atoms with Crippen molar-refractivity contribution in [2.24, 2.45) is 0 Å². The third-order valence-corrected chi connectivity index (χ3v) is 2.62. The van der Waals surface area contributed by atoms with E-state index in [9.17, 15) is 10.0 Å². The van der Waals surface area contributed by atoms with Crippen molar-refractivity contribution >= 4 is 12.6 Å². The van der Waals surface area contributed by atoms with Crippen LogP contribution in [-0.4, -0.2) is 17.2 Å². The Morgan fingerprint density at radius 2 is 1.84 bits per heavy atom. The molecule has 2 rings (SSSR count). The third-order valence-electron chi connectivity index (χ3n) is 2.62. The van der Waals surface area contributed by atoms with Crippen molar-refractivity contribution < 1.29 is 14.8 Å². The number of nitrogens with zero attached hydrogens (tertiary/aromatic N) is 1. The summed E-state index contributed by atoms with van der Waals surface area (Å²) in [5.41, 5.74) is 1.22. The topological polar surface area (TPSA) is 73.5 Å². The van der Waals surface area contributed by atoms with Gasteiger partial charge >= 0.3 is 7.12 Å². The molecular formula is C14H12BNO3. The SMILES string of the molecule is Cc1cc(C#N)c(Oc2ccccc2)c(B(O)O)c1. The lowest BCUT2D eigenvalue weighted by molar-refractivity contribution is 0.420. The van der Waals surface area contributed by atoms with E-state index >= 15 is 0 Å². The molecule has 0 bridgehead atoms. The van der Waals surface area contributed by atoms with E-state index in [1.165, 1.54) is 0 Å². The minimum Gasteiger partial charge on any atom is -0.456 e. The average Bonchev–Trinajstić information content (AvgIpc) is 2.41. The van der Waals surface area contributed by atoms with Crippen LogP contribution < -0.4 is 10.2 Å². The first-order chi connectivity index (χ1) is 9.11. The summed E-state index contributed by atoms with van der Waals surface area (Å²) in [6.07, 6.45) is 0. The molecule has 2 aromatic rings. The largest absolute Gasteiger partial charge is 0.492 e. The van der Waals surface area contributed by atoms with E-state index in [4.69, 9.17) is 10.00 Å². The molecule has 0 heterocycles. The summed E-state index contributed by atoms with van der Waals surface area (Å²) in [7, 11) is -1.69. The van der Waals surface area contributed by atoms with Gasteiger partial charge < -0.3 is 14.8 Å². The first-order valence-corrected chi connectivity index (χ1v) is 5.75. The van der Waals surface area contributed by atoms with Crippen LogP contribution in [0.3, 0.4) is 0 Å². The number of aryl methyl sites for hydroxylation is 1. The predicted molar refractivity (Wildman–Crippen MR) is 72.2 cm³/mol. The molecule has 94 valence electrons. The van der Waals surface area contributed by atoms with E-state index in [2.05, 4.69) is 0 Å². The number of benzene rings is 2. The van der Waals surface area contributed by atoms with Gasteiger partial charge in [-0.15, -0.1) is 0 Å². The second kappa shape index (κ2) is 5.57. The molecule has 0 aromatic heterocycles. The first-order valence-electron chi connectivity index (χ1n) is 5.75. The smallest absolute Gasteiger partial charge is 0.456 e. The third kappa shape index (κ3) is 2.94. The van der Waals surface area contributed by atoms with Gasteiger partial charge in [-0.25, -0.2) is 0 Å². The minimum atomic E-state index is -1.69. The minimum absolute atomic E-state index is 0.175. The van der Waals surface area contributed by atoms with Gasteiger partial charge in [0.25, 0.3) is 0 Å². The van der Waals surface area contributed by atoms with E-state index in [0.717, 1.165) is 5.56 Å². The molecule has 2 N–H and O–H groups in total. The standard InChI is InChI=1S/C14H12BNO3/c1-10-7-11(9-16)14(13(8-10)15(17)18)19-12-5-3-2-4-6-12/h2-8,17-18H,1H3. The number of ether oxygens (including phenoxy) is 1. The van der Waals surface area contributed by atoms with Crippen molar-refractivity contribution in [2.45, 2.75) is 6.92 Å². The van der Waals surface area contributed by atoms with Crippen molar-refractivity contribution in [3.63, 3.8) is 0 Å². The summed E-state index contributed by atoms with van der Waals surface area (Å²) in [5.74, 6) is 0.707. The van der Waals surface area contributed by atoms with Crippen LogP contribution in [0, 0.1) is 18.3 Å².